The molecule has 0 aromatic carbocycles. The van der Waals surface area contributed by atoms with Gasteiger partial charge in [-0.3, -0.25) is 4.79 Å². The highest BCUT2D eigenvalue weighted by Crippen LogP contribution is 2.32. The van der Waals surface area contributed by atoms with Crippen molar-refractivity contribution in [2.45, 2.75) is 32.7 Å². The molecule has 2 fully saturated rings. The van der Waals surface area contributed by atoms with Crippen LogP contribution in [0.4, 0.5) is 5.82 Å². The van der Waals surface area contributed by atoms with E-state index in [1.807, 2.05) is 13.0 Å². The Morgan fingerprint density at radius 2 is 2.14 bits per heavy atom. The van der Waals surface area contributed by atoms with E-state index in [4.69, 9.17) is 4.74 Å². The number of aromatic nitrogens is 2. The van der Waals surface area contributed by atoms with Gasteiger partial charge in [-0.1, -0.05) is 0 Å². The Bertz CT molecular complexity index is 510. The Hall–Kier alpha value is -1.69. The molecule has 2 heterocycles. The fourth-order valence-electron chi connectivity index (χ4n) is 2.48. The first-order chi connectivity index (χ1) is 10.2. The van der Waals surface area contributed by atoms with Gasteiger partial charge in [-0.15, -0.1) is 0 Å². The highest BCUT2D eigenvalue weighted by Gasteiger charge is 2.24. The van der Waals surface area contributed by atoms with Gasteiger partial charge in [0.2, 0.25) is 5.91 Å². The summed E-state index contributed by atoms with van der Waals surface area (Å²) in [7, 11) is 0. The van der Waals surface area contributed by atoms with E-state index in [2.05, 4.69) is 20.2 Å². The van der Waals surface area contributed by atoms with E-state index in [1.165, 1.54) is 12.8 Å². The van der Waals surface area contributed by atoms with Crippen LogP contribution in [0.2, 0.25) is 0 Å². The number of hydrogen-bond donors (Lipinski definition) is 1. The van der Waals surface area contributed by atoms with Crippen molar-refractivity contribution < 1.29 is 9.53 Å². The maximum absolute atomic E-state index is 11.7. The van der Waals surface area contributed by atoms with Gasteiger partial charge in [-0.05, 0) is 25.7 Å². The summed E-state index contributed by atoms with van der Waals surface area (Å²) in [4.78, 5) is 22.9. The zero-order chi connectivity index (χ0) is 14.7. The molecule has 0 unspecified atom stereocenters. The normalized spacial score (nSPS) is 18.6. The van der Waals surface area contributed by atoms with Crippen molar-refractivity contribution in [2.24, 2.45) is 5.92 Å². The Kier molecular flexibility index (Phi) is 4.34. The van der Waals surface area contributed by atoms with E-state index in [0.717, 1.165) is 37.8 Å². The monoisotopic (exact) mass is 290 g/mol. The summed E-state index contributed by atoms with van der Waals surface area (Å²) < 4.78 is 5.36. The van der Waals surface area contributed by atoms with E-state index in [0.29, 0.717) is 24.7 Å². The summed E-state index contributed by atoms with van der Waals surface area (Å²) in [5.41, 5.74) is 0.929. The molecule has 2 aliphatic rings. The lowest BCUT2D eigenvalue weighted by Gasteiger charge is -2.28. The molecular formula is C15H22N4O2. The summed E-state index contributed by atoms with van der Waals surface area (Å²) in [6.45, 7) is 5.53. The highest BCUT2D eigenvalue weighted by molar-refractivity contribution is 5.76. The van der Waals surface area contributed by atoms with E-state index in [-0.39, 0.29) is 5.91 Å². The number of aryl methyl sites for hydroxylation is 1. The molecule has 1 aliphatic heterocycles. The first-order valence-electron chi connectivity index (χ1n) is 7.64. The number of nitrogens with zero attached hydrogens (tertiary/aromatic N) is 3. The number of carbonyl (C=O) groups excluding carboxylic acids is 1. The van der Waals surface area contributed by atoms with Crippen LogP contribution >= 0.6 is 0 Å². The van der Waals surface area contributed by atoms with E-state index < -0.39 is 0 Å². The summed E-state index contributed by atoms with van der Waals surface area (Å²) in [5.74, 6) is 2.32. The molecule has 21 heavy (non-hydrogen) atoms. The third-order valence-corrected chi connectivity index (χ3v) is 3.84. The minimum atomic E-state index is 0.107. The lowest BCUT2D eigenvalue weighted by Crippen LogP contribution is -2.37. The van der Waals surface area contributed by atoms with E-state index in [9.17, 15) is 4.79 Å². The van der Waals surface area contributed by atoms with Gasteiger partial charge >= 0.3 is 0 Å². The van der Waals surface area contributed by atoms with Crippen molar-refractivity contribution in [1.82, 2.24) is 15.3 Å². The molecule has 0 radical (unpaired) electrons. The van der Waals surface area contributed by atoms with Gasteiger partial charge in [-0.25, -0.2) is 9.97 Å². The molecule has 0 bridgehead atoms. The van der Waals surface area contributed by atoms with Crippen molar-refractivity contribution in [3.05, 3.63) is 17.6 Å². The lowest BCUT2D eigenvalue weighted by atomic mass is 10.3. The van der Waals surface area contributed by atoms with Crippen molar-refractivity contribution in [2.75, 3.05) is 31.2 Å². The predicted octanol–water partition coefficient (Wildman–Crippen LogP) is 1.04. The Balaban J connectivity index is 1.61. The third-order valence-electron chi connectivity index (χ3n) is 3.84. The van der Waals surface area contributed by atoms with E-state index in [1.54, 1.807) is 0 Å². The van der Waals surface area contributed by atoms with Crippen LogP contribution in [0.5, 0.6) is 0 Å². The zero-order valence-corrected chi connectivity index (χ0v) is 12.5. The van der Waals surface area contributed by atoms with Gasteiger partial charge in [0.05, 0.1) is 19.8 Å². The summed E-state index contributed by atoms with van der Waals surface area (Å²) in [6.07, 6.45) is 3.02. The molecule has 0 spiro atoms. The molecule has 6 nitrogen and oxygen atoms in total. The maximum Gasteiger partial charge on any atom is 0.220 e. The van der Waals surface area contributed by atoms with Crippen LogP contribution in [0.3, 0.4) is 0 Å². The van der Waals surface area contributed by atoms with Crippen LogP contribution in [0, 0.1) is 12.8 Å². The molecule has 1 aromatic rings. The van der Waals surface area contributed by atoms with Crippen LogP contribution in [0.15, 0.2) is 6.07 Å². The number of anilines is 1. The average Bonchev–Trinajstić information content (AvgIpc) is 3.29. The van der Waals surface area contributed by atoms with Crippen molar-refractivity contribution >= 4 is 11.7 Å². The second kappa shape index (κ2) is 6.39. The first kappa shape index (κ1) is 14.3. The van der Waals surface area contributed by atoms with Crippen LogP contribution in [-0.4, -0.2) is 42.2 Å². The largest absolute Gasteiger partial charge is 0.378 e. The quantitative estimate of drug-likeness (QED) is 0.877. The number of carbonyl (C=O) groups is 1. The average molecular weight is 290 g/mol. The van der Waals surface area contributed by atoms with Crippen molar-refractivity contribution in [1.29, 1.82) is 0 Å². The third kappa shape index (κ3) is 4.14. The molecule has 1 amide bonds. The zero-order valence-electron chi connectivity index (χ0n) is 12.5. The lowest BCUT2D eigenvalue weighted by molar-refractivity contribution is -0.121. The van der Waals surface area contributed by atoms with Gasteiger partial charge in [0, 0.05) is 31.3 Å². The Labute approximate surface area is 124 Å². The van der Waals surface area contributed by atoms with Crippen LogP contribution in [-0.2, 0) is 16.1 Å². The molecule has 3 rings (SSSR count). The van der Waals surface area contributed by atoms with Crippen LogP contribution < -0.4 is 10.2 Å². The minimum Gasteiger partial charge on any atom is -0.378 e. The number of nitrogens with one attached hydrogen (secondary N) is 1. The first-order valence-corrected chi connectivity index (χ1v) is 7.64. The fraction of sp³-hybridized carbons (Fsp3) is 0.667. The number of ether oxygens (including phenoxy) is 1. The predicted molar refractivity (Wildman–Crippen MR) is 79.0 cm³/mol. The smallest absolute Gasteiger partial charge is 0.220 e. The Morgan fingerprint density at radius 1 is 1.38 bits per heavy atom. The van der Waals surface area contributed by atoms with Gasteiger partial charge in [0.25, 0.3) is 0 Å². The number of rotatable bonds is 5. The van der Waals surface area contributed by atoms with Gasteiger partial charge < -0.3 is 15.0 Å². The second-order valence-corrected chi connectivity index (χ2v) is 5.81. The van der Waals surface area contributed by atoms with Crippen LogP contribution in [0.25, 0.3) is 0 Å². The van der Waals surface area contributed by atoms with E-state index >= 15 is 0 Å². The number of morpholine rings is 1. The molecule has 1 saturated carbocycles. The maximum atomic E-state index is 11.7. The summed E-state index contributed by atoms with van der Waals surface area (Å²) >= 11 is 0. The van der Waals surface area contributed by atoms with Crippen molar-refractivity contribution in [3.63, 3.8) is 0 Å². The summed E-state index contributed by atoms with van der Waals surface area (Å²) in [6, 6.07) is 1.99. The molecule has 114 valence electrons. The number of hydrogen-bond acceptors (Lipinski definition) is 5. The molecular weight excluding hydrogens is 268 g/mol. The van der Waals surface area contributed by atoms with Gasteiger partial charge in [0.1, 0.15) is 11.6 Å². The second-order valence-electron chi connectivity index (χ2n) is 5.81. The molecule has 1 aromatic heterocycles. The SMILES string of the molecule is Cc1cc(N2CCOCC2)nc(CNC(=O)CC2CC2)n1. The highest BCUT2D eigenvalue weighted by atomic mass is 16.5. The minimum absolute atomic E-state index is 0.107. The molecule has 0 atom stereocenters. The topological polar surface area (TPSA) is 67.3 Å². The summed E-state index contributed by atoms with van der Waals surface area (Å²) in [5, 5.41) is 2.92. The van der Waals surface area contributed by atoms with Gasteiger partial charge in [-0.2, -0.15) is 0 Å². The van der Waals surface area contributed by atoms with Crippen LogP contribution in [0.1, 0.15) is 30.8 Å². The molecule has 1 saturated heterocycles. The fourth-order valence-corrected chi connectivity index (χ4v) is 2.48. The molecule has 6 heteroatoms. The molecule has 1 N–H and O–H groups in total. The van der Waals surface area contributed by atoms with Crippen molar-refractivity contribution in [3.8, 4) is 0 Å². The standard InChI is InChI=1S/C15H22N4O2/c1-11-8-14(19-4-6-21-7-5-19)18-13(17-11)10-16-15(20)9-12-2-3-12/h8,12H,2-7,9-10H2,1H3,(H,16,20). The number of amides is 1. The van der Waals surface area contributed by atoms with Gasteiger partial charge in [0.15, 0.2) is 0 Å². The Morgan fingerprint density at radius 3 is 2.86 bits per heavy atom. The molecule has 1 aliphatic carbocycles.